The fraction of sp³-hybridized carbons (Fsp3) is 0.0156. The zero-order chi connectivity index (χ0) is 44.5. The Labute approximate surface area is 390 Å². The molecule has 0 atom stereocenters. The van der Waals surface area contributed by atoms with Crippen molar-refractivity contribution in [3.8, 4) is 67.1 Å². The molecule has 3 heteroatoms. The molecule has 0 amide bonds. The van der Waals surface area contributed by atoms with Crippen LogP contribution in [0.3, 0.4) is 0 Å². The van der Waals surface area contributed by atoms with E-state index >= 15 is 0 Å². The van der Waals surface area contributed by atoms with Gasteiger partial charge in [-0.25, -0.2) is 4.98 Å². The molecule has 0 radical (unpaired) electrons. The van der Waals surface area contributed by atoms with Gasteiger partial charge in [-0.1, -0.05) is 206 Å². The lowest BCUT2D eigenvalue weighted by molar-refractivity contribution is 0.623. The van der Waals surface area contributed by atoms with Gasteiger partial charge in [-0.3, -0.25) is 0 Å². The Bertz CT molecular complexity index is 3710. The number of anilines is 2. The Kier molecular flexibility index (Phi) is 10.3. The number of hydrogen-bond donors (Lipinski definition) is 0. The maximum absolute atomic E-state index is 6.64. The van der Waals surface area contributed by atoms with E-state index in [-0.39, 0.29) is 0 Å². The standard InChI is InChI=1S/C64H44N2O/c1-5-19-44(20-6-1)49-30-17-31-53(39-49)66(54-37-38-58(60(42-54)47-23-9-3-10-24-47)57-34-18-29-45-25-13-15-32-55(45)57)43-52-36-35-51(40-59(52)46-21-7-2-8-22-46)61-41-50-28-14-16-33-56(50)63-62(61)65-64(67-63)48-26-11-4-12-27-48/h1-42H,43H2. The van der Waals surface area contributed by atoms with Crippen LogP contribution in [0.1, 0.15) is 5.56 Å². The number of fused-ring (bicyclic) bond motifs is 4. The summed E-state index contributed by atoms with van der Waals surface area (Å²) in [7, 11) is 0. The molecule has 1 aromatic heterocycles. The summed E-state index contributed by atoms with van der Waals surface area (Å²) in [4.78, 5) is 7.68. The number of benzene rings is 11. The molecule has 0 aliphatic rings. The molecular formula is C64H44N2O. The molecule has 11 aromatic carbocycles. The molecule has 3 nitrogen and oxygen atoms in total. The van der Waals surface area contributed by atoms with Crippen LogP contribution in [-0.4, -0.2) is 4.98 Å². The largest absolute Gasteiger partial charge is 0.435 e. The van der Waals surface area contributed by atoms with Gasteiger partial charge in [-0.2, -0.15) is 0 Å². The first-order valence-electron chi connectivity index (χ1n) is 22.9. The molecule has 0 aliphatic carbocycles. The van der Waals surface area contributed by atoms with E-state index in [4.69, 9.17) is 9.40 Å². The molecule has 0 unspecified atom stereocenters. The zero-order valence-electron chi connectivity index (χ0n) is 36.8. The van der Waals surface area contributed by atoms with Crippen LogP contribution in [0.5, 0.6) is 0 Å². The number of hydrogen-bond acceptors (Lipinski definition) is 3. The first-order valence-corrected chi connectivity index (χ1v) is 22.9. The van der Waals surface area contributed by atoms with Crippen LogP contribution < -0.4 is 4.90 Å². The van der Waals surface area contributed by atoms with Crippen LogP contribution >= 0.6 is 0 Å². The summed E-state index contributed by atoms with van der Waals surface area (Å²) in [5.74, 6) is 0.614. The second-order valence-corrected chi connectivity index (χ2v) is 17.1. The van der Waals surface area contributed by atoms with Crippen molar-refractivity contribution in [3.63, 3.8) is 0 Å². The lowest BCUT2D eigenvalue weighted by atomic mass is 9.90. The summed E-state index contributed by atoms with van der Waals surface area (Å²) in [6.45, 7) is 0.611. The van der Waals surface area contributed by atoms with Crippen LogP contribution in [0, 0.1) is 0 Å². The highest BCUT2D eigenvalue weighted by molar-refractivity contribution is 6.10. The van der Waals surface area contributed by atoms with Crippen molar-refractivity contribution in [1.82, 2.24) is 4.98 Å². The summed E-state index contributed by atoms with van der Waals surface area (Å²) >= 11 is 0. The first kappa shape index (κ1) is 39.8. The summed E-state index contributed by atoms with van der Waals surface area (Å²) < 4.78 is 6.64. The van der Waals surface area contributed by atoms with Crippen LogP contribution in [0.15, 0.2) is 259 Å². The number of aromatic nitrogens is 1. The third-order valence-corrected chi connectivity index (χ3v) is 13.0. The zero-order valence-corrected chi connectivity index (χ0v) is 36.8. The molecule has 12 aromatic rings. The molecule has 0 bridgehead atoms. The Morgan fingerprint density at radius 3 is 1.66 bits per heavy atom. The van der Waals surface area contributed by atoms with E-state index in [1.54, 1.807) is 0 Å². The second kappa shape index (κ2) is 17.3. The topological polar surface area (TPSA) is 29.3 Å². The van der Waals surface area contributed by atoms with Gasteiger partial charge in [0.05, 0.1) is 0 Å². The fourth-order valence-electron chi connectivity index (χ4n) is 9.67. The quantitative estimate of drug-likeness (QED) is 0.137. The fourth-order valence-corrected chi connectivity index (χ4v) is 9.67. The molecule has 0 saturated heterocycles. The summed E-state index contributed by atoms with van der Waals surface area (Å²) in [6.07, 6.45) is 0. The summed E-state index contributed by atoms with van der Waals surface area (Å²) in [5, 5.41) is 4.62. The van der Waals surface area contributed by atoms with Crippen molar-refractivity contribution in [3.05, 3.63) is 260 Å². The van der Waals surface area contributed by atoms with E-state index in [1.807, 2.05) is 18.2 Å². The van der Waals surface area contributed by atoms with Crippen molar-refractivity contribution in [2.24, 2.45) is 0 Å². The lowest BCUT2D eigenvalue weighted by Gasteiger charge is -2.28. The van der Waals surface area contributed by atoms with E-state index in [0.717, 1.165) is 61.1 Å². The SMILES string of the molecule is c1ccc(-c2cccc(N(Cc3ccc(-c4cc5ccccc5c5oc(-c6ccccc6)nc45)cc3-c3ccccc3)c3ccc(-c4cccc5ccccc45)c(-c4ccccc4)c3)c2)cc1. The number of rotatable bonds is 10. The third-order valence-electron chi connectivity index (χ3n) is 13.0. The van der Waals surface area contributed by atoms with E-state index in [1.165, 1.54) is 49.7 Å². The Hall–Kier alpha value is -8.79. The van der Waals surface area contributed by atoms with Crippen molar-refractivity contribution in [2.75, 3.05) is 4.90 Å². The molecule has 0 N–H and O–H groups in total. The maximum atomic E-state index is 6.64. The molecule has 12 rings (SSSR count). The minimum absolute atomic E-state index is 0.611. The average molecular weight is 857 g/mol. The number of oxazole rings is 1. The minimum atomic E-state index is 0.611. The van der Waals surface area contributed by atoms with E-state index < -0.39 is 0 Å². The third kappa shape index (κ3) is 7.63. The van der Waals surface area contributed by atoms with Gasteiger partial charge in [0.1, 0.15) is 5.52 Å². The highest BCUT2D eigenvalue weighted by atomic mass is 16.3. The van der Waals surface area contributed by atoms with E-state index in [2.05, 4.69) is 241 Å². The van der Waals surface area contributed by atoms with Gasteiger partial charge < -0.3 is 9.32 Å². The molecule has 0 fully saturated rings. The maximum Gasteiger partial charge on any atom is 0.227 e. The summed E-state index contributed by atoms with van der Waals surface area (Å²) in [5.41, 5.74) is 17.5. The van der Waals surface area contributed by atoms with Gasteiger partial charge in [0.2, 0.25) is 5.89 Å². The molecular weight excluding hydrogens is 813 g/mol. The van der Waals surface area contributed by atoms with Crippen molar-refractivity contribution < 1.29 is 4.42 Å². The van der Waals surface area contributed by atoms with Crippen LogP contribution in [0.25, 0.3) is 99.7 Å². The van der Waals surface area contributed by atoms with Crippen LogP contribution in [0.4, 0.5) is 11.4 Å². The smallest absolute Gasteiger partial charge is 0.227 e. The van der Waals surface area contributed by atoms with Gasteiger partial charge in [-0.15, -0.1) is 0 Å². The monoisotopic (exact) mass is 856 g/mol. The van der Waals surface area contributed by atoms with Gasteiger partial charge >= 0.3 is 0 Å². The van der Waals surface area contributed by atoms with E-state index in [0.29, 0.717) is 12.4 Å². The normalized spacial score (nSPS) is 11.3. The molecule has 1 heterocycles. The van der Waals surface area contributed by atoms with Crippen molar-refractivity contribution >= 4 is 44.0 Å². The highest BCUT2D eigenvalue weighted by Gasteiger charge is 2.21. The van der Waals surface area contributed by atoms with Crippen LogP contribution in [0.2, 0.25) is 0 Å². The molecule has 0 aliphatic heterocycles. The second-order valence-electron chi connectivity index (χ2n) is 17.1. The minimum Gasteiger partial charge on any atom is -0.435 e. The van der Waals surface area contributed by atoms with Crippen molar-refractivity contribution in [2.45, 2.75) is 6.54 Å². The predicted octanol–water partition coefficient (Wildman–Crippen LogP) is 17.5. The first-order chi connectivity index (χ1) is 33.2. The van der Waals surface area contributed by atoms with Crippen LogP contribution in [-0.2, 0) is 6.54 Å². The predicted molar refractivity (Wildman–Crippen MR) is 280 cm³/mol. The molecule has 0 saturated carbocycles. The molecule has 67 heavy (non-hydrogen) atoms. The van der Waals surface area contributed by atoms with Gasteiger partial charge in [0.25, 0.3) is 0 Å². The highest BCUT2D eigenvalue weighted by Crippen LogP contribution is 2.43. The summed E-state index contributed by atoms with van der Waals surface area (Å²) in [6, 6.07) is 91.3. The molecule has 0 spiro atoms. The lowest BCUT2D eigenvalue weighted by Crippen LogP contribution is -2.17. The van der Waals surface area contributed by atoms with E-state index in [9.17, 15) is 0 Å². The Balaban J connectivity index is 1.05. The average Bonchev–Trinajstić information content (AvgIpc) is 3.87. The van der Waals surface area contributed by atoms with Crippen molar-refractivity contribution in [1.29, 1.82) is 0 Å². The van der Waals surface area contributed by atoms with Gasteiger partial charge in [0, 0.05) is 34.4 Å². The van der Waals surface area contributed by atoms with Gasteiger partial charge in [-0.05, 0) is 120 Å². The Morgan fingerprint density at radius 2 is 0.910 bits per heavy atom. The van der Waals surface area contributed by atoms with Gasteiger partial charge in [0.15, 0.2) is 5.58 Å². The molecule has 316 valence electrons. The number of nitrogens with zero attached hydrogens (tertiary/aromatic N) is 2. The Morgan fingerprint density at radius 1 is 0.328 bits per heavy atom.